The minimum Gasteiger partial charge on any atom is -0.493 e. The van der Waals surface area contributed by atoms with Crippen LogP contribution in [-0.2, 0) is 16.1 Å². The van der Waals surface area contributed by atoms with Gasteiger partial charge in [0, 0.05) is 0 Å². The van der Waals surface area contributed by atoms with Crippen molar-refractivity contribution in [2.24, 2.45) is 0 Å². The summed E-state index contributed by atoms with van der Waals surface area (Å²) in [5, 5.41) is 5.86. The predicted octanol–water partition coefficient (Wildman–Crippen LogP) is 5.48. The number of carbonyl (C=O) groups is 2. The van der Waals surface area contributed by atoms with Crippen molar-refractivity contribution in [3.63, 3.8) is 0 Å². The van der Waals surface area contributed by atoms with Crippen LogP contribution < -0.4 is 15.4 Å². The van der Waals surface area contributed by atoms with Gasteiger partial charge in [-0.15, -0.1) is 0 Å². The standard InChI is InChI=1S/C29H29N3O4/c1-20(22-11-5-3-6-12-22)28(34)30-19-26-21(2)36-29(32-26)24-15-9-10-16-25(24)31-27(33)17-18-35-23-13-7-4-8-14-23/h3-16,20H,17-19H2,1-2H3,(H,30,34)(H,31,33)/t20-/m1/s1. The van der Waals surface area contributed by atoms with E-state index in [2.05, 4.69) is 15.6 Å². The number of amides is 2. The van der Waals surface area contributed by atoms with E-state index >= 15 is 0 Å². The Morgan fingerprint density at radius 1 is 0.944 bits per heavy atom. The van der Waals surface area contributed by atoms with Crippen LogP contribution in [0.1, 0.15) is 36.3 Å². The Balaban J connectivity index is 1.37. The molecule has 0 aliphatic carbocycles. The molecular weight excluding hydrogens is 454 g/mol. The molecular formula is C29H29N3O4. The fourth-order valence-electron chi connectivity index (χ4n) is 3.69. The Morgan fingerprint density at radius 2 is 1.61 bits per heavy atom. The number of hydrogen-bond acceptors (Lipinski definition) is 5. The summed E-state index contributed by atoms with van der Waals surface area (Å²) in [4.78, 5) is 29.8. The van der Waals surface area contributed by atoms with Crippen LogP contribution in [0.2, 0.25) is 0 Å². The molecule has 36 heavy (non-hydrogen) atoms. The number of aryl methyl sites for hydroxylation is 1. The molecule has 184 valence electrons. The third kappa shape index (κ3) is 6.39. The van der Waals surface area contributed by atoms with Gasteiger partial charge >= 0.3 is 0 Å². The van der Waals surface area contributed by atoms with Crippen molar-refractivity contribution in [2.45, 2.75) is 32.7 Å². The van der Waals surface area contributed by atoms with Gasteiger partial charge in [0.15, 0.2) is 0 Å². The summed E-state index contributed by atoms with van der Waals surface area (Å²) < 4.78 is 11.5. The van der Waals surface area contributed by atoms with E-state index < -0.39 is 0 Å². The largest absolute Gasteiger partial charge is 0.493 e. The van der Waals surface area contributed by atoms with Crippen LogP contribution in [0.3, 0.4) is 0 Å². The molecule has 0 saturated carbocycles. The van der Waals surface area contributed by atoms with Gasteiger partial charge in [0.2, 0.25) is 17.7 Å². The number of anilines is 1. The fourth-order valence-corrected chi connectivity index (χ4v) is 3.69. The van der Waals surface area contributed by atoms with E-state index in [4.69, 9.17) is 9.15 Å². The topological polar surface area (TPSA) is 93.5 Å². The van der Waals surface area contributed by atoms with E-state index in [0.717, 1.165) is 11.3 Å². The number of rotatable bonds is 10. The molecule has 7 heteroatoms. The van der Waals surface area contributed by atoms with E-state index in [-0.39, 0.29) is 37.3 Å². The van der Waals surface area contributed by atoms with Gasteiger partial charge in [-0.3, -0.25) is 9.59 Å². The summed E-state index contributed by atoms with van der Waals surface area (Å²) in [5.41, 5.74) is 2.84. The number of carbonyl (C=O) groups excluding carboxylic acids is 2. The maximum Gasteiger partial charge on any atom is 0.228 e. The van der Waals surface area contributed by atoms with Crippen molar-refractivity contribution < 1.29 is 18.7 Å². The molecule has 0 unspecified atom stereocenters. The molecule has 0 fully saturated rings. The average Bonchev–Trinajstić information content (AvgIpc) is 3.28. The van der Waals surface area contributed by atoms with E-state index in [9.17, 15) is 9.59 Å². The zero-order valence-corrected chi connectivity index (χ0v) is 20.4. The van der Waals surface area contributed by atoms with Crippen molar-refractivity contribution in [2.75, 3.05) is 11.9 Å². The number of oxazole rings is 1. The molecule has 1 aromatic heterocycles. The van der Waals surface area contributed by atoms with Crippen molar-refractivity contribution >= 4 is 17.5 Å². The molecule has 1 heterocycles. The second-order valence-corrected chi connectivity index (χ2v) is 8.38. The lowest BCUT2D eigenvalue weighted by Crippen LogP contribution is -2.27. The number of benzene rings is 3. The Morgan fingerprint density at radius 3 is 2.36 bits per heavy atom. The summed E-state index contributed by atoms with van der Waals surface area (Å²) in [6, 6.07) is 26.3. The second-order valence-electron chi connectivity index (χ2n) is 8.38. The highest BCUT2D eigenvalue weighted by Crippen LogP contribution is 2.29. The molecule has 0 radical (unpaired) electrons. The molecule has 1 atom stereocenters. The number of nitrogens with one attached hydrogen (secondary N) is 2. The lowest BCUT2D eigenvalue weighted by Gasteiger charge is -2.11. The maximum atomic E-state index is 12.6. The first kappa shape index (κ1) is 24.7. The number of ether oxygens (including phenoxy) is 1. The number of para-hydroxylation sites is 2. The minimum absolute atomic E-state index is 0.0875. The lowest BCUT2D eigenvalue weighted by molar-refractivity contribution is -0.122. The maximum absolute atomic E-state index is 12.6. The van der Waals surface area contributed by atoms with Gasteiger partial charge in [-0.1, -0.05) is 60.7 Å². The van der Waals surface area contributed by atoms with Crippen molar-refractivity contribution in [1.29, 1.82) is 0 Å². The van der Waals surface area contributed by atoms with Gasteiger partial charge in [0.25, 0.3) is 0 Å². The van der Waals surface area contributed by atoms with Gasteiger partial charge in [0.05, 0.1) is 36.7 Å². The van der Waals surface area contributed by atoms with Gasteiger partial charge in [-0.05, 0) is 43.7 Å². The molecule has 4 rings (SSSR count). The fraction of sp³-hybridized carbons (Fsp3) is 0.207. The molecule has 0 spiro atoms. The predicted molar refractivity (Wildman–Crippen MR) is 139 cm³/mol. The van der Waals surface area contributed by atoms with E-state index in [1.165, 1.54) is 0 Å². The summed E-state index contributed by atoms with van der Waals surface area (Å²) in [5.74, 6) is 1.16. The quantitative estimate of drug-likeness (QED) is 0.312. The zero-order valence-electron chi connectivity index (χ0n) is 20.4. The van der Waals surface area contributed by atoms with E-state index in [0.29, 0.717) is 28.6 Å². The number of nitrogens with zero attached hydrogens (tertiary/aromatic N) is 1. The molecule has 0 aliphatic heterocycles. The molecule has 7 nitrogen and oxygen atoms in total. The van der Waals surface area contributed by atoms with Gasteiger partial charge in [-0.2, -0.15) is 0 Å². The number of aromatic nitrogens is 1. The normalized spacial score (nSPS) is 11.5. The summed E-state index contributed by atoms with van der Waals surface area (Å²) in [6.07, 6.45) is 0.199. The van der Waals surface area contributed by atoms with Crippen molar-refractivity contribution in [3.05, 3.63) is 102 Å². The van der Waals surface area contributed by atoms with Crippen LogP contribution in [0.15, 0.2) is 89.3 Å². The monoisotopic (exact) mass is 483 g/mol. The van der Waals surface area contributed by atoms with Crippen LogP contribution >= 0.6 is 0 Å². The summed E-state index contributed by atoms with van der Waals surface area (Å²) >= 11 is 0. The van der Waals surface area contributed by atoms with Gasteiger partial charge in [0.1, 0.15) is 17.2 Å². The first-order valence-corrected chi connectivity index (χ1v) is 11.9. The summed E-state index contributed by atoms with van der Waals surface area (Å²) in [6.45, 7) is 4.19. The molecule has 3 aromatic carbocycles. The third-order valence-electron chi connectivity index (χ3n) is 5.79. The highest BCUT2D eigenvalue weighted by Gasteiger charge is 2.18. The Labute approximate surface area is 210 Å². The lowest BCUT2D eigenvalue weighted by atomic mass is 10.0. The summed E-state index contributed by atoms with van der Waals surface area (Å²) in [7, 11) is 0. The molecule has 4 aromatic rings. The molecule has 0 aliphatic rings. The molecule has 0 saturated heterocycles. The van der Waals surface area contributed by atoms with Crippen LogP contribution in [0, 0.1) is 6.92 Å². The van der Waals surface area contributed by atoms with Crippen LogP contribution in [0.25, 0.3) is 11.5 Å². The van der Waals surface area contributed by atoms with Crippen molar-refractivity contribution in [1.82, 2.24) is 10.3 Å². The van der Waals surface area contributed by atoms with Crippen LogP contribution in [-0.4, -0.2) is 23.4 Å². The average molecular weight is 484 g/mol. The Hall–Kier alpha value is -4.39. The zero-order chi connectivity index (χ0) is 25.3. The highest BCUT2D eigenvalue weighted by atomic mass is 16.5. The Bertz CT molecular complexity index is 1300. The first-order valence-electron chi connectivity index (χ1n) is 11.9. The number of hydrogen-bond donors (Lipinski definition) is 2. The smallest absolute Gasteiger partial charge is 0.228 e. The highest BCUT2D eigenvalue weighted by molar-refractivity contribution is 5.94. The second kappa shape index (κ2) is 11.8. The van der Waals surface area contributed by atoms with Crippen LogP contribution in [0.5, 0.6) is 5.75 Å². The Kier molecular flexibility index (Phi) is 8.13. The van der Waals surface area contributed by atoms with Gasteiger partial charge in [-0.25, -0.2) is 4.98 Å². The SMILES string of the molecule is Cc1oc(-c2ccccc2NC(=O)CCOc2ccccc2)nc1CNC(=O)[C@H](C)c1ccccc1. The molecule has 2 amide bonds. The van der Waals surface area contributed by atoms with E-state index in [1.807, 2.05) is 85.8 Å². The van der Waals surface area contributed by atoms with Crippen molar-refractivity contribution in [3.8, 4) is 17.2 Å². The molecule has 2 N–H and O–H groups in total. The van der Waals surface area contributed by atoms with Gasteiger partial charge < -0.3 is 19.8 Å². The minimum atomic E-state index is -0.278. The molecule has 0 bridgehead atoms. The first-order chi connectivity index (χ1) is 17.5. The third-order valence-corrected chi connectivity index (χ3v) is 5.79. The van der Waals surface area contributed by atoms with Crippen LogP contribution in [0.4, 0.5) is 5.69 Å². The van der Waals surface area contributed by atoms with E-state index in [1.54, 1.807) is 13.0 Å².